The van der Waals surface area contributed by atoms with E-state index in [-0.39, 0.29) is 0 Å². The fourth-order valence-corrected chi connectivity index (χ4v) is 8.78. The van der Waals surface area contributed by atoms with Gasteiger partial charge in [0.2, 0.25) is 0 Å². The number of fused-ring (bicyclic) bond motifs is 9. The van der Waals surface area contributed by atoms with Gasteiger partial charge in [0.05, 0.1) is 22.1 Å². The topological polar surface area (TPSA) is 9.86 Å². The molecule has 0 unspecified atom stereocenters. The van der Waals surface area contributed by atoms with Crippen LogP contribution in [-0.2, 0) is 6.42 Å². The lowest BCUT2D eigenvalue weighted by atomic mass is 9.95. The van der Waals surface area contributed by atoms with Crippen molar-refractivity contribution < 1.29 is 0 Å². The monoisotopic (exact) mass is 676 g/mol. The molecule has 1 aliphatic rings. The Morgan fingerprint density at radius 2 is 0.717 bits per heavy atom. The summed E-state index contributed by atoms with van der Waals surface area (Å²) in [4.78, 5) is 0. The number of aryl methyl sites for hydroxylation is 2. The van der Waals surface area contributed by atoms with Crippen molar-refractivity contribution in [3.63, 3.8) is 0 Å². The molecule has 53 heavy (non-hydrogen) atoms. The predicted molar refractivity (Wildman–Crippen MR) is 224 cm³/mol. The molecule has 0 saturated heterocycles. The lowest BCUT2D eigenvalue weighted by Gasteiger charge is -2.10. The molecule has 0 fully saturated rings. The third-order valence-electron chi connectivity index (χ3n) is 11.5. The summed E-state index contributed by atoms with van der Waals surface area (Å²) in [6, 6.07) is 63.4. The van der Waals surface area contributed by atoms with Crippen LogP contribution in [0.4, 0.5) is 0 Å². The summed E-state index contributed by atoms with van der Waals surface area (Å²) in [6.45, 7) is 4.29. The molecule has 0 aliphatic heterocycles. The lowest BCUT2D eigenvalue weighted by Crippen LogP contribution is -1.93. The Labute approximate surface area is 308 Å². The maximum atomic E-state index is 2.42. The lowest BCUT2D eigenvalue weighted by molar-refractivity contribution is 1.17. The van der Waals surface area contributed by atoms with Crippen molar-refractivity contribution in [2.75, 3.05) is 0 Å². The van der Waals surface area contributed by atoms with Crippen molar-refractivity contribution in [2.24, 2.45) is 0 Å². The molecule has 10 aromatic rings. The van der Waals surface area contributed by atoms with E-state index in [1.165, 1.54) is 111 Å². The van der Waals surface area contributed by atoms with Gasteiger partial charge in [0, 0.05) is 32.9 Å². The van der Waals surface area contributed by atoms with Gasteiger partial charge < -0.3 is 9.13 Å². The van der Waals surface area contributed by atoms with Crippen LogP contribution in [0, 0.1) is 13.8 Å². The molecule has 1 aliphatic carbocycles. The molecule has 2 aromatic heterocycles. The number of nitrogens with zero attached hydrogens (tertiary/aromatic N) is 2. The summed E-state index contributed by atoms with van der Waals surface area (Å²) in [5.41, 5.74) is 20.3. The van der Waals surface area contributed by atoms with Crippen molar-refractivity contribution in [3.05, 3.63) is 192 Å². The average Bonchev–Trinajstić information content (AvgIpc) is 3.85. The minimum atomic E-state index is 0.970. The Morgan fingerprint density at radius 1 is 0.340 bits per heavy atom. The summed E-state index contributed by atoms with van der Waals surface area (Å²) >= 11 is 0. The van der Waals surface area contributed by atoms with Crippen molar-refractivity contribution in [2.45, 2.75) is 20.3 Å². The van der Waals surface area contributed by atoms with Crippen LogP contribution in [0.3, 0.4) is 0 Å². The van der Waals surface area contributed by atoms with Crippen molar-refractivity contribution in [1.29, 1.82) is 0 Å². The van der Waals surface area contributed by atoms with E-state index in [0.717, 1.165) is 6.42 Å². The summed E-state index contributed by atoms with van der Waals surface area (Å²) in [6.07, 6.45) is 0.970. The third kappa shape index (κ3) is 4.65. The van der Waals surface area contributed by atoms with E-state index < -0.39 is 0 Å². The van der Waals surface area contributed by atoms with E-state index >= 15 is 0 Å². The van der Waals surface area contributed by atoms with Gasteiger partial charge in [-0.15, -0.1) is 0 Å². The van der Waals surface area contributed by atoms with Gasteiger partial charge in [-0.25, -0.2) is 0 Å². The van der Waals surface area contributed by atoms with Gasteiger partial charge >= 0.3 is 0 Å². The van der Waals surface area contributed by atoms with Gasteiger partial charge in [-0.3, -0.25) is 0 Å². The van der Waals surface area contributed by atoms with E-state index in [9.17, 15) is 0 Å². The minimum absolute atomic E-state index is 0.970. The predicted octanol–water partition coefficient (Wildman–Crippen LogP) is 13.4. The SMILES string of the molecule is Cc1ccc(-n2c3ccccc3c3cc(-c4ccc5c(c4)-c4cc(-c6ccc7c(c6)c6ccccc6n7-c6ccc(C)cc6)ccc4C5)ccc32)cc1. The fraction of sp³-hybridized carbons (Fsp3) is 0.0588. The first-order valence-electron chi connectivity index (χ1n) is 18.5. The number of aromatic nitrogens is 2. The highest BCUT2D eigenvalue weighted by Crippen LogP contribution is 2.43. The molecule has 11 rings (SSSR count). The molecule has 0 N–H and O–H groups in total. The van der Waals surface area contributed by atoms with Crippen LogP contribution >= 0.6 is 0 Å². The molecule has 0 atom stereocenters. The second-order valence-corrected chi connectivity index (χ2v) is 14.8. The molecule has 0 bridgehead atoms. The van der Waals surface area contributed by atoms with Gasteiger partial charge in [0.25, 0.3) is 0 Å². The van der Waals surface area contributed by atoms with Crippen LogP contribution in [0.15, 0.2) is 170 Å². The molecular weight excluding hydrogens is 641 g/mol. The average molecular weight is 677 g/mol. The molecule has 2 nitrogen and oxygen atoms in total. The zero-order chi connectivity index (χ0) is 35.2. The minimum Gasteiger partial charge on any atom is -0.309 e. The first kappa shape index (κ1) is 30.0. The first-order chi connectivity index (χ1) is 26.1. The fourth-order valence-electron chi connectivity index (χ4n) is 8.78. The van der Waals surface area contributed by atoms with Gasteiger partial charge in [0.15, 0.2) is 0 Å². The van der Waals surface area contributed by atoms with E-state index in [1.54, 1.807) is 0 Å². The van der Waals surface area contributed by atoms with Crippen LogP contribution in [0.25, 0.3) is 88.4 Å². The quantitative estimate of drug-likeness (QED) is 0.176. The molecule has 0 saturated carbocycles. The first-order valence-corrected chi connectivity index (χ1v) is 18.5. The zero-order valence-electron chi connectivity index (χ0n) is 29.8. The smallest absolute Gasteiger partial charge is 0.0541 e. The molecule has 250 valence electrons. The normalized spacial score (nSPS) is 12.3. The molecule has 0 spiro atoms. The summed E-state index contributed by atoms with van der Waals surface area (Å²) < 4.78 is 4.79. The summed E-state index contributed by atoms with van der Waals surface area (Å²) in [5, 5.41) is 5.11. The number of benzene rings is 8. The Kier molecular flexibility index (Phi) is 6.48. The Hall–Kier alpha value is -6.64. The number of hydrogen-bond acceptors (Lipinski definition) is 0. The molecule has 2 heterocycles. The van der Waals surface area contributed by atoms with E-state index in [4.69, 9.17) is 0 Å². The number of hydrogen-bond donors (Lipinski definition) is 0. The standard InChI is InChI=1S/C51H36N2/c1-32-11-21-40(22-12-32)52-48-9-5-3-7-42(48)46-30-36(19-25-50(46)52)34-15-17-38-27-39-18-16-35(29-45(39)44(38)28-34)37-20-26-51-47(31-37)43-8-4-6-10-49(43)53(51)41-23-13-33(2)14-24-41/h3-26,28-31H,27H2,1-2H3. The molecule has 0 radical (unpaired) electrons. The second kappa shape index (κ2) is 11.4. The van der Waals surface area contributed by atoms with E-state index in [0.29, 0.717) is 0 Å². The van der Waals surface area contributed by atoms with Crippen molar-refractivity contribution >= 4 is 43.6 Å². The van der Waals surface area contributed by atoms with Crippen LogP contribution in [0.2, 0.25) is 0 Å². The van der Waals surface area contributed by atoms with Crippen LogP contribution < -0.4 is 0 Å². The molecule has 2 heteroatoms. The highest BCUT2D eigenvalue weighted by Gasteiger charge is 2.21. The summed E-state index contributed by atoms with van der Waals surface area (Å²) in [5.74, 6) is 0. The van der Waals surface area contributed by atoms with E-state index in [2.05, 4.69) is 193 Å². The largest absolute Gasteiger partial charge is 0.309 e. The Bertz CT molecular complexity index is 2870. The van der Waals surface area contributed by atoms with Gasteiger partial charge in [-0.1, -0.05) is 108 Å². The van der Waals surface area contributed by atoms with Crippen LogP contribution in [-0.4, -0.2) is 9.13 Å². The highest BCUT2D eigenvalue weighted by atomic mass is 15.0. The maximum absolute atomic E-state index is 2.42. The summed E-state index contributed by atoms with van der Waals surface area (Å²) in [7, 11) is 0. The van der Waals surface area contributed by atoms with E-state index in [1.807, 2.05) is 0 Å². The molecule has 8 aromatic carbocycles. The van der Waals surface area contributed by atoms with Crippen LogP contribution in [0.1, 0.15) is 22.3 Å². The molecular formula is C51H36N2. The van der Waals surface area contributed by atoms with Crippen molar-refractivity contribution in [1.82, 2.24) is 9.13 Å². The van der Waals surface area contributed by atoms with Gasteiger partial charge in [-0.05, 0) is 138 Å². The highest BCUT2D eigenvalue weighted by molar-refractivity contribution is 6.11. The Morgan fingerprint density at radius 3 is 1.17 bits per heavy atom. The Balaban J connectivity index is 1.00. The number of para-hydroxylation sites is 2. The third-order valence-corrected chi connectivity index (χ3v) is 11.5. The van der Waals surface area contributed by atoms with Gasteiger partial charge in [-0.2, -0.15) is 0 Å². The zero-order valence-corrected chi connectivity index (χ0v) is 29.8. The van der Waals surface area contributed by atoms with Gasteiger partial charge in [0.1, 0.15) is 0 Å². The number of rotatable bonds is 4. The van der Waals surface area contributed by atoms with Crippen LogP contribution in [0.5, 0.6) is 0 Å². The second-order valence-electron chi connectivity index (χ2n) is 14.8. The van der Waals surface area contributed by atoms with Crippen molar-refractivity contribution in [3.8, 4) is 44.8 Å². The molecule has 0 amide bonds. The maximum Gasteiger partial charge on any atom is 0.0541 e.